The Labute approximate surface area is 112 Å². The number of fused-ring (bicyclic) bond motifs is 1. The van der Waals surface area contributed by atoms with Crippen molar-refractivity contribution in [2.75, 3.05) is 29.1 Å². The van der Waals surface area contributed by atoms with Crippen LogP contribution < -0.4 is 10.2 Å². The Morgan fingerprint density at radius 1 is 1.58 bits per heavy atom. The molecule has 1 atom stereocenters. The molecule has 19 heavy (non-hydrogen) atoms. The maximum absolute atomic E-state index is 11.6. The maximum atomic E-state index is 11.6. The SMILES string of the molecule is O=C1CSc2ncc(N3C[C@@H](CO)OC3=O)nc2N1. The summed E-state index contributed by atoms with van der Waals surface area (Å²) in [5.41, 5.74) is 0. The molecule has 0 spiro atoms. The normalized spacial score (nSPS) is 21.9. The van der Waals surface area contributed by atoms with Gasteiger partial charge in [0.1, 0.15) is 11.1 Å². The van der Waals surface area contributed by atoms with Crippen molar-refractivity contribution >= 4 is 35.4 Å². The highest BCUT2D eigenvalue weighted by Crippen LogP contribution is 2.30. The molecule has 0 saturated carbocycles. The summed E-state index contributed by atoms with van der Waals surface area (Å²) in [7, 11) is 0. The first-order valence-corrected chi connectivity index (χ1v) is 6.54. The zero-order valence-electron chi connectivity index (χ0n) is 9.70. The van der Waals surface area contributed by atoms with Gasteiger partial charge in [-0.1, -0.05) is 11.8 Å². The molecule has 1 fully saturated rings. The van der Waals surface area contributed by atoms with Gasteiger partial charge in [-0.05, 0) is 0 Å². The van der Waals surface area contributed by atoms with Gasteiger partial charge in [0.25, 0.3) is 0 Å². The van der Waals surface area contributed by atoms with Crippen LogP contribution in [0.3, 0.4) is 0 Å². The number of hydrogen-bond donors (Lipinski definition) is 2. The molecule has 1 aromatic heterocycles. The van der Waals surface area contributed by atoms with Crippen LogP contribution >= 0.6 is 11.8 Å². The number of aliphatic hydroxyl groups excluding tert-OH is 1. The molecule has 100 valence electrons. The molecule has 3 heterocycles. The van der Waals surface area contributed by atoms with E-state index in [1.165, 1.54) is 22.9 Å². The molecule has 2 aliphatic heterocycles. The second-order valence-electron chi connectivity index (χ2n) is 4.02. The van der Waals surface area contributed by atoms with E-state index in [0.29, 0.717) is 22.4 Å². The molecule has 2 N–H and O–H groups in total. The Balaban J connectivity index is 1.88. The van der Waals surface area contributed by atoms with E-state index >= 15 is 0 Å². The van der Waals surface area contributed by atoms with Gasteiger partial charge in [-0.15, -0.1) is 0 Å². The van der Waals surface area contributed by atoms with Crippen LogP contribution in [0.5, 0.6) is 0 Å². The van der Waals surface area contributed by atoms with Crippen LogP contribution in [0.25, 0.3) is 0 Å². The molecule has 1 aromatic rings. The fourth-order valence-electron chi connectivity index (χ4n) is 1.79. The number of carbonyl (C=O) groups excluding carboxylic acids is 2. The number of cyclic esters (lactones) is 1. The Kier molecular flexibility index (Phi) is 2.99. The summed E-state index contributed by atoms with van der Waals surface area (Å²) in [6, 6.07) is 0. The van der Waals surface area contributed by atoms with Crippen LogP contribution in [0.2, 0.25) is 0 Å². The monoisotopic (exact) mass is 282 g/mol. The maximum Gasteiger partial charge on any atom is 0.416 e. The number of aromatic nitrogens is 2. The number of amides is 2. The minimum atomic E-state index is -0.580. The summed E-state index contributed by atoms with van der Waals surface area (Å²) in [6.07, 6.45) is 0.307. The van der Waals surface area contributed by atoms with Gasteiger partial charge in [0, 0.05) is 0 Å². The highest BCUT2D eigenvalue weighted by molar-refractivity contribution is 8.00. The topological polar surface area (TPSA) is 105 Å². The van der Waals surface area contributed by atoms with E-state index in [1.54, 1.807) is 0 Å². The fourth-order valence-corrected chi connectivity index (χ4v) is 2.49. The van der Waals surface area contributed by atoms with Crippen molar-refractivity contribution in [1.82, 2.24) is 9.97 Å². The smallest absolute Gasteiger partial charge is 0.416 e. The summed E-state index contributed by atoms with van der Waals surface area (Å²) in [5.74, 6) is 0.794. The fraction of sp³-hybridized carbons (Fsp3) is 0.400. The van der Waals surface area contributed by atoms with E-state index in [0.717, 1.165) is 0 Å². The number of hydrogen-bond acceptors (Lipinski definition) is 7. The van der Waals surface area contributed by atoms with Gasteiger partial charge in [-0.3, -0.25) is 9.69 Å². The van der Waals surface area contributed by atoms with Gasteiger partial charge in [0.2, 0.25) is 5.91 Å². The van der Waals surface area contributed by atoms with Crippen LogP contribution in [0.15, 0.2) is 11.2 Å². The third kappa shape index (κ3) is 2.22. The number of nitrogens with one attached hydrogen (secondary N) is 1. The van der Waals surface area contributed by atoms with Gasteiger partial charge in [-0.25, -0.2) is 14.8 Å². The quantitative estimate of drug-likeness (QED) is 0.776. The molecule has 0 radical (unpaired) electrons. The summed E-state index contributed by atoms with van der Waals surface area (Å²) >= 11 is 1.29. The number of aliphatic hydroxyl groups is 1. The number of rotatable bonds is 2. The predicted octanol–water partition coefficient (Wildman–Crippen LogP) is -0.162. The molecule has 0 aromatic carbocycles. The average Bonchev–Trinajstić information content (AvgIpc) is 2.79. The van der Waals surface area contributed by atoms with Crippen molar-refractivity contribution < 1.29 is 19.4 Å². The minimum Gasteiger partial charge on any atom is -0.441 e. The summed E-state index contributed by atoms with van der Waals surface area (Å²) in [4.78, 5) is 32.5. The van der Waals surface area contributed by atoms with E-state index in [1.807, 2.05) is 0 Å². The molecule has 0 unspecified atom stereocenters. The number of thioether (sulfide) groups is 1. The second kappa shape index (κ2) is 4.67. The lowest BCUT2D eigenvalue weighted by molar-refractivity contribution is -0.113. The molecule has 2 aliphatic rings. The average molecular weight is 282 g/mol. The first kappa shape index (κ1) is 12.2. The number of carbonyl (C=O) groups is 2. The first-order chi connectivity index (χ1) is 9.17. The van der Waals surface area contributed by atoms with Crippen molar-refractivity contribution in [3.8, 4) is 0 Å². The van der Waals surface area contributed by atoms with Gasteiger partial charge < -0.3 is 15.2 Å². The largest absolute Gasteiger partial charge is 0.441 e. The van der Waals surface area contributed by atoms with Crippen molar-refractivity contribution in [1.29, 1.82) is 0 Å². The Morgan fingerprint density at radius 3 is 3.16 bits per heavy atom. The number of anilines is 2. The second-order valence-corrected chi connectivity index (χ2v) is 4.98. The van der Waals surface area contributed by atoms with Crippen molar-refractivity contribution in [3.63, 3.8) is 0 Å². The van der Waals surface area contributed by atoms with Crippen LogP contribution in [0, 0.1) is 0 Å². The standard InChI is InChI=1S/C10H10N4O4S/c15-3-5-2-14(10(17)18-5)6-1-11-9-8(12-6)13-7(16)4-19-9/h1,5,15H,2-4H2,(H,12,13,16)/t5-/m0/s1. The van der Waals surface area contributed by atoms with E-state index in [9.17, 15) is 9.59 Å². The van der Waals surface area contributed by atoms with Gasteiger partial charge in [-0.2, -0.15) is 0 Å². The number of nitrogens with zero attached hydrogens (tertiary/aromatic N) is 3. The molecular weight excluding hydrogens is 272 g/mol. The lowest BCUT2D eigenvalue weighted by atomic mass is 10.4. The molecule has 0 aliphatic carbocycles. The zero-order chi connectivity index (χ0) is 13.4. The highest BCUT2D eigenvalue weighted by Gasteiger charge is 2.33. The summed E-state index contributed by atoms with van der Waals surface area (Å²) < 4.78 is 4.92. The van der Waals surface area contributed by atoms with Crippen molar-refractivity contribution in [2.45, 2.75) is 11.1 Å². The van der Waals surface area contributed by atoms with E-state index in [2.05, 4.69) is 15.3 Å². The lowest BCUT2D eigenvalue weighted by Crippen LogP contribution is -2.28. The molecule has 3 rings (SSSR count). The third-order valence-electron chi connectivity index (χ3n) is 2.68. The molecular formula is C10H10N4O4S. The Morgan fingerprint density at radius 2 is 2.42 bits per heavy atom. The summed E-state index contributed by atoms with van der Waals surface area (Å²) in [6.45, 7) is -0.0307. The van der Waals surface area contributed by atoms with Gasteiger partial charge in [0.05, 0.1) is 25.1 Å². The minimum absolute atomic E-state index is 0.152. The number of ether oxygens (including phenoxy) is 1. The molecule has 9 heteroatoms. The van der Waals surface area contributed by atoms with Crippen molar-refractivity contribution in [3.05, 3.63) is 6.20 Å². The zero-order valence-corrected chi connectivity index (χ0v) is 10.5. The van der Waals surface area contributed by atoms with E-state index in [4.69, 9.17) is 9.84 Å². The molecule has 2 amide bonds. The van der Waals surface area contributed by atoms with Crippen LogP contribution in [-0.4, -0.2) is 52.1 Å². The lowest BCUT2D eigenvalue weighted by Gasteiger charge is -2.17. The third-order valence-corrected chi connectivity index (χ3v) is 3.66. The van der Waals surface area contributed by atoms with E-state index < -0.39 is 12.2 Å². The summed E-state index contributed by atoms with van der Waals surface area (Å²) in [5, 5.41) is 12.2. The highest BCUT2D eigenvalue weighted by atomic mass is 32.2. The van der Waals surface area contributed by atoms with Gasteiger partial charge >= 0.3 is 6.09 Å². The molecule has 8 nitrogen and oxygen atoms in total. The van der Waals surface area contributed by atoms with E-state index in [-0.39, 0.29) is 19.1 Å². The first-order valence-electron chi connectivity index (χ1n) is 5.56. The van der Waals surface area contributed by atoms with Crippen LogP contribution in [-0.2, 0) is 9.53 Å². The molecule has 0 bridgehead atoms. The van der Waals surface area contributed by atoms with Crippen molar-refractivity contribution in [2.24, 2.45) is 0 Å². The Hall–Kier alpha value is -1.87. The van der Waals surface area contributed by atoms with Crippen LogP contribution in [0.1, 0.15) is 0 Å². The van der Waals surface area contributed by atoms with Gasteiger partial charge in [0.15, 0.2) is 11.6 Å². The Bertz CT molecular complexity index is 552. The van der Waals surface area contributed by atoms with Crippen LogP contribution in [0.4, 0.5) is 16.4 Å². The molecule has 1 saturated heterocycles. The predicted molar refractivity (Wildman–Crippen MR) is 66.1 cm³/mol.